The van der Waals surface area contributed by atoms with Gasteiger partial charge in [0, 0.05) is 47.6 Å². The summed E-state index contributed by atoms with van der Waals surface area (Å²) in [6, 6.07) is 14.4. The predicted octanol–water partition coefficient (Wildman–Crippen LogP) is 5.36. The molecule has 1 aliphatic rings. The molecule has 1 amide bonds. The third-order valence-electron chi connectivity index (χ3n) is 5.65. The predicted molar refractivity (Wildman–Crippen MR) is 123 cm³/mol. The van der Waals surface area contributed by atoms with Gasteiger partial charge in [-0.3, -0.25) is 4.79 Å². The minimum atomic E-state index is -0.307. The number of benzene rings is 2. The van der Waals surface area contributed by atoms with Gasteiger partial charge in [0.15, 0.2) is 0 Å². The van der Waals surface area contributed by atoms with Crippen molar-refractivity contribution < 1.29 is 13.9 Å². The topological polar surface area (TPSA) is 51.2 Å². The molecule has 1 fully saturated rings. The van der Waals surface area contributed by atoms with E-state index in [1.807, 2.05) is 42.6 Å². The van der Waals surface area contributed by atoms with Gasteiger partial charge in [-0.15, -0.1) is 11.3 Å². The highest BCUT2D eigenvalue weighted by Crippen LogP contribution is 2.34. The molecule has 1 aliphatic heterocycles. The molecule has 0 atom stereocenters. The number of aromatic nitrogens is 1. The number of thioether (sulfide) groups is 1. The van der Waals surface area contributed by atoms with E-state index in [4.69, 9.17) is 4.74 Å². The van der Waals surface area contributed by atoms with Crippen LogP contribution in [0.4, 0.5) is 4.39 Å². The lowest BCUT2D eigenvalue weighted by molar-refractivity contribution is 0.0486. The van der Waals surface area contributed by atoms with Gasteiger partial charge in [-0.25, -0.2) is 9.37 Å². The Labute approximate surface area is 190 Å². The summed E-state index contributed by atoms with van der Waals surface area (Å²) in [5.74, 6) is 0.449. The maximum absolute atomic E-state index is 13.8. The molecule has 31 heavy (non-hydrogen) atoms. The molecular weight excluding hydrogens is 431 g/mol. The molecule has 0 aliphatic carbocycles. The van der Waals surface area contributed by atoms with Crippen LogP contribution < -0.4 is 5.32 Å². The number of hydrogen-bond acceptors (Lipinski definition) is 5. The third-order valence-corrected chi connectivity index (χ3v) is 7.86. The Morgan fingerprint density at radius 3 is 2.68 bits per heavy atom. The molecule has 4 rings (SSSR count). The number of rotatable bonds is 7. The molecule has 0 unspecified atom stereocenters. The van der Waals surface area contributed by atoms with Crippen LogP contribution in [0, 0.1) is 12.7 Å². The van der Waals surface area contributed by atoms with Crippen LogP contribution >= 0.6 is 23.1 Å². The van der Waals surface area contributed by atoms with E-state index >= 15 is 0 Å². The molecule has 0 saturated carbocycles. The van der Waals surface area contributed by atoms with Gasteiger partial charge in [0.1, 0.15) is 10.2 Å². The molecular formula is C24H25FN2O2S2. The Kier molecular flexibility index (Phi) is 7.05. The molecule has 1 aromatic heterocycles. The normalized spacial score (nSPS) is 15.5. The van der Waals surface area contributed by atoms with Gasteiger partial charge < -0.3 is 10.1 Å². The van der Waals surface area contributed by atoms with Crippen molar-refractivity contribution in [3.8, 4) is 0 Å². The average Bonchev–Trinajstić information content (AvgIpc) is 3.22. The smallest absolute Gasteiger partial charge is 0.251 e. The number of aryl methyl sites for hydroxylation is 1. The van der Waals surface area contributed by atoms with Crippen molar-refractivity contribution in [1.29, 1.82) is 0 Å². The van der Waals surface area contributed by atoms with E-state index in [2.05, 4.69) is 10.3 Å². The molecule has 0 bridgehead atoms. The van der Waals surface area contributed by atoms with Crippen molar-refractivity contribution in [3.63, 3.8) is 0 Å². The largest absolute Gasteiger partial charge is 0.381 e. The zero-order valence-corrected chi connectivity index (χ0v) is 19.0. The van der Waals surface area contributed by atoms with Crippen molar-refractivity contribution in [3.05, 3.63) is 82.1 Å². The van der Waals surface area contributed by atoms with Gasteiger partial charge in [0.25, 0.3) is 5.91 Å². The first-order valence-corrected chi connectivity index (χ1v) is 12.2. The van der Waals surface area contributed by atoms with Crippen molar-refractivity contribution >= 4 is 29.0 Å². The molecule has 3 aromatic rings. The minimum absolute atomic E-state index is 0.114. The maximum Gasteiger partial charge on any atom is 0.251 e. The van der Waals surface area contributed by atoms with Crippen LogP contribution in [0.2, 0.25) is 0 Å². The number of amides is 1. The first-order chi connectivity index (χ1) is 15.0. The molecule has 1 saturated heterocycles. The highest BCUT2D eigenvalue weighted by molar-refractivity contribution is 8.00. The summed E-state index contributed by atoms with van der Waals surface area (Å²) in [6.07, 6.45) is 1.51. The lowest BCUT2D eigenvalue weighted by Gasteiger charge is -2.38. The van der Waals surface area contributed by atoms with Crippen molar-refractivity contribution in [2.75, 3.05) is 19.8 Å². The number of thiazole rings is 1. The molecule has 4 nitrogen and oxygen atoms in total. The summed E-state index contributed by atoms with van der Waals surface area (Å²) in [5.41, 5.74) is 3.43. The van der Waals surface area contributed by atoms with Crippen LogP contribution in [0.15, 0.2) is 58.3 Å². The molecule has 2 aromatic carbocycles. The first kappa shape index (κ1) is 22.0. The quantitative estimate of drug-likeness (QED) is 0.486. The van der Waals surface area contributed by atoms with E-state index in [1.165, 1.54) is 6.07 Å². The number of halogens is 1. The molecule has 162 valence electrons. The van der Waals surface area contributed by atoms with Crippen molar-refractivity contribution in [1.82, 2.24) is 10.3 Å². The molecule has 0 spiro atoms. The summed E-state index contributed by atoms with van der Waals surface area (Å²) in [5, 5.41) is 5.12. The van der Waals surface area contributed by atoms with Gasteiger partial charge in [0.05, 0.1) is 0 Å². The number of nitrogens with zero attached hydrogens (tertiary/aromatic N) is 1. The molecule has 1 N–H and O–H groups in total. The highest BCUT2D eigenvalue weighted by atomic mass is 32.2. The monoisotopic (exact) mass is 456 g/mol. The van der Waals surface area contributed by atoms with E-state index in [1.54, 1.807) is 35.2 Å². The lowest BCUT2D eigenvalue weighted by atomic mass is 9.74. The molecule has 2 heterocycles. The summed E-state index contributed by atoms with van der Waals surface area (Å²) in [4.78, 5) is 17.3. The zero-order valence-electron chi connectivity index (χ0n) is 17.4. The second-order valence-electron chi connectivity index (χ2n) is 7.83. The Morgan fingerprint density at radius 2 is 2.00 bits per heavy atom. The summed E-state index contributed by atoms with van der Waals surface area (Å²) in [7, 11) is 0. The lowest BCUT2D eigenvalue weighted by Crippen LogP contribution is -2.44. The summed E-state index contributed by atoms with van der Waals surface area (Å²) < 4.78 is 20.4. The highest BCUT2D eigenvalue weighted by Gasteiger charge is 2.35. The summed E-state index contributed by atoms with van der Waals surface area (Å²) in [6.45, 7) is 3.67. The number of carbonyl (C=O) groups is 1. The van der Waals surface area contributed by atoms with Crippen LogP contribution in [0.3, 0.4) is 0 Å². The summed E-state index contributed by atoms with van der Waals surface area (Å²) >= 11 is 3.35. The Morgan fingerprint density at radius 1 is 1.23 bits per heavy atom. The first-order valence-electron chi connectivity index (χ1n) is 10.3. The van der Waals surface area contributed by atoms with E-state index in [9.17, 15) is 9.18 Å². The Bertz CT molecular complexity index is 1030. The fourth-order valence-electron chi connectivity index (χ4n) is 3.80. The molecule has 7 heteroatoms. The van der Waals surface area contributed by atoms with E-state index in [0.717, 1.165) is 39.8 Å². The van der Waals surface area contributed by atoms with Crippen molar-refractivity contribution in [2.45, 2.75) is 35.3 Å². The van der Waals surface area contributed by atoms with Crippen LogP contribution in [-0.4, -0.2) is 30.6 Å². The van der Waals surface area contributed by atoms with E-state index in [-0.39, 0.29) is 17.1 Å². The zero-order chi connectivity index (χ0) is 21.7. The van der Waals surface area contributed by atoms with Crippen molar-refractivity contribution in [2.24, 2.45) is 0 Å². The van der Waals surface area contributed by atoms with E-state index in [0.29, 0.717) is 25.3 Å². The fraction of sp³-hybridized carbons (Fsp3) is 0.333. The van der Waals surface area contributed by atoms with Crippen LogP contribution in [0.5, 0.6) is 0 Å². The van der Waals surface area contributed by atoms with Crippen LogP contribution in [0.25, 0.3) is 0 Å². The third kappa shape index (κ3) is 5.53. The number of ether oxygens (including phenoxy) is 1. The standard InChI is InChI=1S/C24H25FN2O2S2/c1-17-14-30-23(27-17)31-15-18-5-7-19(8-6-18)22(28)26-16-24(9-11-29-12-10-24)20-3-2-4-21(25)13-20/h2-8,13-14H,9-12,15-16H2,1H3,(H,26,28). The Balaban J connectivity index is 1.38. The maximum atomic E-state index is 13.8. The van der Waals surface area contributed by atoms with Crippen LogP contribution in [0.1, 0.15) is 40.0 Å². The second kappa shape index (κ2) is 9.94. The van der Waals surface area contributed by atoms with Gasteiger partial charge >= 0.3 is 0 Å². The van der Waals surface area contributed by atoms with Gasteiger partial charge in [-0.1, -0.05) is 36.0 Å². The Hall–Kier alpha value is -2.22. The van der Waals surface area contributed by atoms with Gasteiger partial charge in [0.2, 0.25) is 0 Å². The average molecular weight is 457 g/mol. The van der Waals surface area contributed by atoms with E-state index < -0.39 is 0 Å². The molecule has 0 radical (unpaired) electrons. The second-order valence-corrected chi connectivity index (χ2v) is 9.91. The SMILES string of the molecule is Cc1csc(SCc2ccc(C(=O)NCC3(c4cccc(F)c4)CCOCC3)cc2)n1. The number of hydrogen-bond donors (Lipinski definition) is 1. The number of carbonyl (C=O) groups excluding carboxylic acids is 1. The fourth-order valence-corrected chi connectivity index (χ4v) is 5.60. The van der Waals surface area contributed by atoms with Crippen LogP contribution in [-0.2, 0) is 15.9 Å². The van der Waals surface area contributed by atoms with Gasteiger partial charge in [-0.2, -0.15) is 0 Å². The number of nitrogens with one attached hydrogen (secondary N) is 1. The minimum Gasteiger partial charge on any atom is -0.381 e. The van der Waals surface area contributed by atoms with Gasteiger partial charge in [-0.05, 0) is 55.2 Å².